The van der Waals surface area contributed by atoms with Gasteiger partial charge in [-0.05, 0) is 43.9 Å². The zero-order valence-electron chi connectivity index (χ0n) is 15.3. The molecule has 2 rings (SSSR count). The monoisotopic (exact) mass is 303 g/mol. The van der Waals surface area contributed by atoms with Crippen molar-refractivity contribution in [2.45, 2.75) is 85.0 Å². The van der Waals surface area contributed by atoms with Crippen LogP contribution in [0.4, 0.5) is 0 Å². The fourth-order valence-electron chi connectivity index (χ4n) is 4.85. The zero-order chi connectivity index (χ0) is 16.5. The predicted octanol–water partition coefficient (Wildman–Crippen LogP) is 4.44. The molecule has 2 nitrogen and oxygen atoms in total. The second-order valence-corrected chi connectivity index (χ2v) is 8.54. The number of rotatable bonds is 2. The van der Waals surface area contributed by atoms with Gasteiger partial charge < -0.3 is 4.90 Å². The van der Waals surface area contributed by atoms with Gasteiger partial charge in [-0.3, -0.25) is 4.79 Å². The summed E-state index contributed by atoms with van der Waals surface area (Å²) in [6.45, 7) is 12.3. The molecule has 1 heterocycles. The molecule has 124 valence electrons. The molecule has 4 unspecified atom stereocenters. The van der Waals surface area contributed by atoms with E-state index in [1.165, 1.54) is 6.42 Å². The van der Waals surface area contributed by atoms with Gasteiger partial charge in [-0.25, -0.2) is 0 Å². The van der Waals surface area contributed by atoms with E-state index in [2.05, 4.69) is 39.5 Å². The molecule has 0 aromatic carbocycles. The van der Waals surface area contributed by atoms with Crippen molar-refractivity contribution < 1.29 is 4.79 Å². The molecule has 1 saturated heterocycles. The quantitative estimate of drug-likeness (QED) is 0.690. The van der Waals surface area contributed by atoms with E-state index in [1.807, 2.05) is 0 Å². The fourth-order valence-corrected chi connectivity index (χ4v) is 4.85. The smallest absolute Gasteiger partial charge is 0.226 e. The van der Waals surface area contributed by atoms with Gasteiger partial charge >= 0.3 is 0 Å². The molecular formula is C19H34BNO. The summed E-state index contributed by atoms with van der Waals surface area (Å²) in [5, 5.41) is 0. The molecule has 2 aliphatic rings. The lowest BCUT2D eigenvalue weighted by atomic mass is 9.56. The maximum Gasteiger partial charge on any atom is 0.226 e. The van der Waals surface area contributed by atoms with Crippen LogP contribution in [0.3, 0.4) is 0 Å². The minimum absolute atomic E-state index is 0.188. The van der Waals surface area contributed by atoms with E-state index in [9.17, 15) is 4.79 Å². The molecule has 4 atom stereocenters. The maximum absolute atomic E-state index is 13.1. The number of piperidine rings is 1. The first kappa shape index (κ1) is 17.9. The van der Waals surface area contributed by atoms with E-state index >= 15 is 0 Å². The lowest BCUT2D eigenvalue weighted by Crippen LogP contribution is -2.53. The molecule has 3 heteroatoms. The van der Waals surface area contributed by atoms with Gasteiger partial charge in [-0.15, -0.1) is 0 Å². The molecule has 1 saturated carbocycles. The second-order valence-electron chi connectivity index (χ2n) is 8.54. The summed E-state index contributed by atoms with van der Waals surface area (Å²) in [5.41, 5.74) is 0.188. The summed E-state index contributed by atoms with van der Waals surface area (Å²) >= 11 is 0. The van der Waals surface area contributed by atoms with Gasteiger partial charge in [-0.1, -0.05) is 52.3 Å². The van der Waals surface area contributed by atoms with Gasteiger partial charge in [0, 0.05) is 18.5 Å². The minimum atomic E-state index is 0.188. The molecule has 0 spiro atoms. The molecule has 0 N–H and O–H groups in total. The number of hydrogen-bond acceptors (Lipinski definition) is 1. The lowest BCUT2D eigenvalue weighted by molar-refractivity contribution is -0.148. The van der Waals surface area contributed by atoms with Crippen LogP contribution < -0.4 is 0 Å². The number of carbonyl (C=O) groups excluding carboxylic acids is 1. The topological polar surface area (TPSA) is 20.3 Å². The predicted molar refractivity (Wildman–Crippen MR) is 94.0 cm³/mol. The summed E-state index contributed by atoms with van der Waals surface area (Å²) in [5.74, 6) is 1.99. The number of fused-ring (bicyclic) bond motifs is 1. The van der Waals surface area contributed by atoms with E-state index in [0.717, 1.165) is 38.6 Å². The first-order valence-electron chi connectivity index (χ1n) is 9.33. The number of amides is 1. The Balaban J connectivity index is 2.33. The largest absolute Gasteiger partial charge is 0.340 e. The molecule has 1 amide bonds. The molecule has 0 bridgehead atoms. The van der Waals surface area contributed by atoms with Crippen LogP contribution >= 0.6 is 0 Å². The summed E-state index contributed by atoms with van der Waals surface area (Å²) < 4.78 is 0. The Morgan fingerprint density at radius 1 is 1.14 bits per heavy atom. The average Bonchev–Trinajstić information content (AvgIpc) is 2.49. The number of carbonyl (C=O) groups is 1. The van der Waals surface area contributed by atoms with Crippen LogP contribution in [0.5, 0.6) is 0 Å². The highest BCUT2D eigenvalue weighted by atomic mass is 16.2. The average molecular weight is 303 g/mol. The third-order valence-electron chi connectivity index (χ3n) is 6.60. The van der Waals surface area contributed by atoms with Crippen molar-refractivity contribution in [1.82, 2.24) is 4.90 Å². The van der Waals surface area contributed by atoms with Gasteiger partial charge in [-0.2, -0.15) is 0 Å². The van der Waals surface area contributed by atoms with Crippen LogP contribution in [-0.4, -0.2) is 31.2 Å². The Morgan fingerprint density at radius 3 is 2.36 bits per heavy atom. The Bertz CT molecular complexity index is 395. The molecule has 2 radical (unpaired) electrons. The zero-order valence-corrected chi connectivity index (χ0v) is 15.3. The first-order valence-corrected chi connectivity index (χ1v) is 9.33. The molecule has 0 aromatic rings. The first-order chi connectivity index (χ1) is 10.3. The van der Waals surface area contributed by atoms with Crippen molar-refractivity contribution in [2.24, 2.45) is 23.2 Å². The summed E-state index contributed by atoms with van der Waals surface area (Å²) in [4.78, 5) is 15.2. The van der Waals surface area contributed by atoms with Crippen molar-refractivity contribution in [2.75, 3.05) is 6.54 Å². The van der Waals surface area contributed by atoms with E-state index < -0.39 is 0 Å². The van der Waals surface area contributed by atoms with Gasteiger partial charge in [0.25, 0.3) is 0 Å². The van der Waals surface area contributed by atoms with Crippen LogP contribution in [0, 0.1) is 23.2 Å². The summed E-state index contributed by atoms with van der Waals surface area (Å²) in [7, 11) is 6.42. The van der Waals surface area contributed by atoms with E-state index in [4.69, 9.17) is 7.85 Å². The maximum atomic E-state index is 13.1. The Kier molecular flexibility index (Phi) is 5.66. The third-order valence-corrected chi connectivity index (χ3v) is 6.60. The van der Waals surface area contributed by atoms with Crippen molar-refractivity contribution in [1.29, 1.82) is 0 Å². The van der Waals surface area contributed by atoms with E-state index in [-0.39, 0.29) is 11.3 Å². The van der Waals surface area contributed by atoms with Crippen LogP contribution in [-0.2, 0) is 4.79 Å². The Labute approximate surface area is 138 Å². The highest BCUT2D eigenvalue weighted by Crippen LogP contribution is 2.51. The standard InChI is InChI=1S/C19H34BNO/c1-13(2)19(5)12-15(20)8-6-7-9-16-17(19)10-11-21(14(3)4)18(16)22/h13-17H,6-12H2,1-5H3. The van der Waals surface area contributed by atoms with Crippen molar-refractivity contribution in [3.05, 3.63) is 0 Å². The Morgan fingerprint density at radius 2 is 1.77 bits per heavy atom. The van der Waals surface area contributed by atoms with E-state index in [0.29, 0.717) is 29.6 Å². The van der Waals surface area contributed by atoms with Crippen LogP contribution in [0.1, 0.15) is 73.1 Å². The van der Waals surface area contributed by atoms with Crippen molar-refractivity contribution >= 4 is 13.8 Å². The van der Waals surface area contributed by atoms with Crippen LogP contribution in [0.2, 0.25) is 5.82 Å². The van der Waals surface area contributed by atoms with Crippen LogP contribution in [0.15, 0.2) is 0 Å². The molecule has 1 aliphatic heterocycles. The number of nitrogens with zero attached hydrogens (tertiary/aromatic N) is 1. The molecule has 1 aliphatic carbocycles. The molecule has 2 fully saturated rings. The number of likely N-dealkylation sites (tertiary alicyclic amines) is 1. The second kappa shape index (κ2) is 6.97. The van der Waals surface area contributed by atoms with Crippen molar-refractivity contribution in [3.63, 3.8) is 0 Å². The normalized spacial score (nSPS) is 37.7. The third kappa shape index (κ3) is 3.38. The fraction of sp³-hybridized carbons (Fsp3) is 0.947. The molecule has 0 aromatic heterocycles. The molecular weight excluding hydrogens is 269 g/mol. The minimum Gasteiger partial charge on any atom is -0.340 e. The molecule has 22 heavy (non-hydrogen) atoms. The van der Waals surface area contributed by atoms with Crippen molar-refractivity contribution in [3.8, 4) is 0 Å². The van der Waals surface area contributed by atoms with Gasteiger partial charge in [0.15, 0.2) is 0 Å². The summed E-state index contributed by atoms with van der Waals surface area (Å²) in [6.07, 6.45) is 6.72. The van der Waals surface area contributed by atoms with E-state index in [1.54, 1.807) is 0 Å². The SMILES string of the molecule is [B]C1CCCCC2C(=O)N(C(C)C)CCC2C(C)(C(C)C)C1. The van der Waals surface area contributed by atoms with Crippen LogP contribution in [0.25, 0.3) is 0 Å². The summed E-state index contributed by atoms with van der Waals surface area (Å²) in [6, 6.07) is 0.327. The number of hydrogen-bond donors (Lipinski definition) is 0. The van der Waals surface area contributed by atoms with Gasteiger partial charge in [0.1, 0.15) is 0 Å². The highest BCUT2D eigenvalue weighted by molar-refractivity contribution is 6.11. The highest BCUT2D eigenvalue weighted by Gasteiger charge is 2.48. The van der Waals surface area contributed by atoms with Gasteiger partial charge in [0.2, 0.25) is 5.91 Å². The lowest BCUT2D eigenvalue weighted by Gasteiger charge is -2.50. The Hall–Kier alpha value is -0.465. The van der Waals surface area contributed by atoms with Gasteiger partial charge in [0.05, 0.1) is 7.85 Å².